The molecule has 1 fully saturated rings. The van der Waals surface area contributed by atoms with Crippen LogP contribution >= 0.6 is 11.6 Å². The number of hydrogen-bond donors (Lipinski definition) is 2. The number of hydrogen-bond acceptors (Lipinski definition) is 4. The summed E-state index contributed by atoms with van der Waals surface area (Å²) in [6.45, 7) is 4.23. The van der Waals surface area contributed by atoms with E-state index in [0.717, 1.165) is 42.7 Å². The summed E-state index contributed by atoms with van der Waals surface area (Å²) in [5.74, 6) is 0.0592. The average molecular weight is 452 g/mol. The van der Waals surface area contributed by atoms with Gasteiger partial charge in [-0.1, -0.05) is 17.7 Å². The molecule has 0 bridgehead atoms. The quantitative estimate of drug-likeness (QED) is 0.552. The number of nitrogens with one attached hydrogen (secondary N) is 2. The molecule has 1 saturated heterocycles. The Kier molecular flexibility index (Phi) is 7.68. The van der Waals surface area contributed by atoms with Gasteiger partial charge in [-0.2, -0.15) is 0 Å². The molecule has 2 heterocycles. The molecule has 3 aromatic rings. The predicted molar refractivity (Wildman–Crippen MR) is 117 cm³/mol. The Morgan fingerprint density at radius 1 is 1.26 bits per heavy atom. The van der Waals surface area contributed by atoms with E-state index in [1.54, 1.807) is 6.07 Å². The molecular weight excluding hydrogens is 428 g/mol. The summed E-state index contributed by atoms with van der Waals surface area (Å²) in [5.41, 5.74) is 3.12. The molecule has 2 N–H and O–H groups in total. The topological polar surface area (TPSA) is 78.3 Å². The van der Waals surface area contributed by atoms with Gasteiger partial charge in [0.05, 0.1) is 5.52 Å². The third-order valence-electron chi connectivity index (χ3n) is 5.26. The van der Waals surface area contributed by atoms with E-state index in [4.69, 9.17) is 16.0 Å². The van der Waals surface area contributed by atoms with Crippen molar-refractivity contribution in [3.05, 3.63) is 63.1 Å². The van der Waals surface area contributed by atoms with Gasteiger partial charge in [-0.3, -0.25) is 9.78 Å². The van der Waals surface area contributed by atoms with E-state index in [2.05, 4.69) is 15.2 Å². The van der Waals surface area contributed by atoms with Gasteiger partial charge < -0.3 is 14.6 Å². The summed E-state index contributed by atoms with van der Waals surface area (Å²) in [5, 5.41) is 2.79. The summed E-state index contributed by atoms with van der Waals surface area (Å²) in [6, 6.07) is 10.4. The monoisotopic (exact) mass is 451 g/mol. The second kappa shape index (κ2) is 10.4. The summed E-state index contributed by atoms with van der Waals surface area (Å²) in [7, 11) is 0. The van der Waals surface area contributed by atoms with Gasteiger partial charge in [-0.05, 0) is 61.6 Å². The first kappa shape index (κ1) is 22.8. The van der Waals surface area contributed by atoms with Crippen LogP contribution in [-0.2, 0) is 4.79 Å². The lowest BCUT2D eigenvalue weighted by Crippen LogP contribution is -2.37. The summed E-state index contributed by atoms with van der Waals surface area (Å²) in [4.78, 5) is 25.6. The molecule has 0 unspecified atom stereocenters. The van der Waals surface area contributed by atoms with Crippen LogP contribution in [0.5, 0.6) is 0 Å². The standard InChI is InChI=1S/C14H17ClF2N2O.C8H7NO2/c15-13-2-1-11(7-12(13)14(16)17)19-5-3-10(4-6-19)8-18-9-20;1-5-2-3-6-7(4-5)11-8(10)9-6/h1-2,7,9-10,14H,3-6,8H2,(H,18,20);2-4H,1H3,(H,9,10). The molecule has 0 atom stereocenters. The van der Waals surface area contributed by atoms with Crippen molar-refractivity contribution in [1.82, 2.24) is 10.3 Å². The van der Waals surface area contributed by atoms with Crippen LogP contribution in [0.3, 0.4) is 0 Å². The maximum atomic E-state index is 12.8. The Labute approximate surface area is 183 Å². The Morgan fingerprint density at radius 3 is 2.68 bits per heavy atom. The third-order valence-corrected chi connectivity index (χ3v) is 5.60. The van der Waals surface area contributed by atoms with Crippen LogP contribution in [0.15, 0.2) is 45.6 Å². The molecule has 4 rings (SSSR count). The number of carbonyl (C=O) groups is 1. The van der Waals surface area contributed by atoms with E-state index in [0.29, 0.717) is 24.5 Å². The van der Waals surface area contributed by atoms with Crippen molar-refractivity contribution in [3.8, 4) is 0 Å². The van der Waals surface area contributed by atoms with Crippen LogP contribution in [-0.4, -0.2) is 31.0 Å². The number of oxazole rings is 1. The summed E-state index contributed by atoms with van der Waals surface area (Å²) in [6.07, 6.45) is 0.0262. The van der Waals surface area contributed by atoms with Gasteiger partial charge in [0, 0.05) is 35.9 Å². The highest BCUT2D eigenvalue weighted by Gasteiger charge is 2.21. The highest BCUT2D eigenvalue weighted by atomic mass is 35.5. The highest BCUT2D eigenvalue weighted by molar-refractivity contribution is 6.31. The van der Waals surface area contributed by atoms with Crippen molar-refractivity contribution in [3.63, 3.8) is 0 Å². The van der Waals surface area contributed by atoms with E-state index in [-0.39, 0.29) is 10.6 Å². The number of aromatic amines is 1. The molecule has 166 valence electrons. The van der Waals surface area contributed by atoms with Gasteiger partial charge in [0.25, 0.3) is 6.43 Å². The number of aryl methyl sites for hydroxylation is 1. The Morgan fingerprint density at radius 2 is 2.00 bits per heavy atom. The molecule has 6 nitrogen and oxygen atoms in total. The second-order valence-electron chi connectivity index (χ2n) is 7.48. The fourth-order valence-electron chi connectivity index (χ4n) is 3.56. The summed E-state index contributed by atoms with van der Waals surface area (Å²) >= 11 is 5.77. The van der Waals surface area contributed by atoms with Crippen LogP contribution in [0.4, 0.5) is 14.5 Å². The Balaban J connectivity index is 0.000000207. The number of H-pyrrole nitrogens is 1. The number of rotatable bonds is 5. The smallest absolute Gasteiger partial charge is 0.408 e. The Bertz CT molecular complexity index is 1080. The third kappa shape index (κ3) is 6.07. The molecule has 1 amide bonds. The number of fused-ring (bicyclic) bond motifs is 1. The van der Waals surface area contributed by atoms with E-state index in [9.17, 15) is 18.4 Å². The van der Waals surface area contributed by atoms with Gasteiger partial charge in [-0.15, -0.1) is 0 Å². The number of halogens is 3. The van der Waals surface area contributed by atoms with Crippen LogP contribution in [0, 0.1) is 12.8 Å². The molecule has 9 heteroatoms. The highest BCUT2D eigenvalue weighted by Crippen LogP contribution is 2.32. The van der Waals surface area contributed by atoms with Crippen LogP contribution in [0.2, 0.25) is 5.02 Å². The lowest BCUT2D eigenvalue weighted by Gasteiger charge is -2.33. The first-order valence-corrected chi connectivity index (χ1v) is 10.3. The first-order chi connectivity index (χ1) is 14.9. The zero-order chi connectivity index (χ0) is 22.4. The minimum Gasteiger partial charge on any atom is -0.408 e. The number of benzene rings is 2. The molecule has 0 saturated carbocycles. The van der Waals surface area contributed by atoms with Crippen molar-refractivity contribution in [2.24, 2.45) is 5.92 Å². The van der Waals surface area contributed by atoms with Gasteiger partial charge >= 0.3 is 5.76 Å². The molecule has 0 radical (unpaired) electrons. The number of aromatic nitrogens is 1. The van der Waals surface area contributed by atoms with E-state index < -0.39 is 12.2 Å². The minimum atomic E-state index is -2.56. The van der Waals surface area contributed by atoms with Crippen molar-refractivity contribution in [1.29, 1.82) is 0 Å². The second-order valence-corrected chi connectivity index (χ2v) is 7.88. The van der Waals surface area contributed by atoms with Crippen molar-refractivity contribution in [2.75, 3.05) is 24.5 Å². The Hall–Kier alpha value is -2.87. The number of alkyl halides is 2. The van der Waals surface area contributed by atoms with Crippen molar-refractivity contribution >= 4 is 34.8 Å². The van der Waals surface area contributed by atoms with Crippen molar-refractivity contribution in [2.45, 2.75) is 26.2 Å². The molecule has 31 heavy (non-hydrogen) atoms. The average Bonchev–Trinajstić information content (AvgIpc) is 3.12. The van der Waals surface area contributed by atoms with Gasteiger partial charge in [0.1, 0.15) is 0 Å². The molecule has 1 aromatic heterocycles. The fourth-order valence-corrected chi connectivity index (χ4v) is 3.76. The van der Waals surface area contributed by atoms with Gasteiger partial charge in [0.15, 0.2) is 5.58 Å². The molecule has 0 spiro atoms. The zero-order valence-corrected chi connectivity index (χ0v) is 17.8. The minimum absolute atomic E-state index is 0.105. The van der Waals surface area contributed by atoms with Crippen LogP contribution in [0.25, 0.3) is 11.1 Å². The number of anilines is 1. The van der Waals surface area contributed by atoms with Crippen molar-refractivity contribution < 1.29 is 18.0 Å². The van der Waals surface area contributed by atoms with Gasteiger partial charge in [0.2, 0.25) is 6.41 Å². The largest absolute Gasteiger partial charge is 0.417 e. The normalized spacial score (nSPS) is 14.4. The number of piperidine rings is 1. The lowest BCUT2D eigenvalue weighted by atomic mass is 9.96. The zero-order valence-electron chi connectivity index (χ0n) is 17.0. The maximum absolute atomic E-state index is 12.8. The number of carbonyl (C=O) groups excluding carboxylic acids is 1. The fraction of sp³-hybridized carbons (Fsp3) is 0.364. The summed E-state index contributed by atoms with van der Waals surface area (Å²) < 4.78 is 30.5. The molecule has 0 aliphatic carbocycles. The molecule has 1 aliphatic heterocycles. The number of amides is 1. The lowest BCUT2D eigenvalue weighted by molar-refractivity contribution is -0.109. The maximum Gasteiger partial charge on any atom is 0.417 e. The first-order valence-electron chi connectivity index (χ1n) is 9.96. The molecule has 2 aromatic carbocycles. The van der Waals surface area contributed by atoms with Crippen LogP contribution < -0.4 is 16.0 Å². The number of nitrogens with zero attached hydrogens (tertiary/aromatic N) is 1. The van der Waals surface area contributed by atoms with E-state index in [1.165, 1.54) is 12.1 Å². The molecule has 1 aliphatic rings. The SMILES string of the molecule is Cc1ccc2[nH]c(=O)oc2c1.O=CNCC1CCN(c2ccc(Cl)c(C(F)F)c2)CC1. The van der Waals surface area contributed by atoms with Crippen LogP contribution in [0.1, 0.15) is 30.4 Å². The van der Waals surface area contributed by atoms with E-state index in [1.807, 2.05) is 25.1 Å². The molecular formula is C22H24ClF2N3O3. The van der Waals surface area contributed by atoms with Gasteiger partial charge in [-0.25, -0.2) is 13.6 Å². The predicted octanol–water partition coefficient (Wildman–Crippen LogP) is 4.67. The van der Waals surface area contributed by atoms with E-state index >= 15 is 0 Å².